The van der Waals surface area contributed by atoms with Gasteiger partial charge >= 0.3 is 0 Å². The SMILES string of the molecule is Cc1ccc(C(=O)/C(=C/F)CN)cc1. The highest BCUT2D eigenvalue weighted by atomic mass is 19.1. The number of nitrogens with two attached hydrogens (primary N) is 1. The largest absolute Gasteiger partial charge is 0.326 e. The first-order valence-electron chi connectivity index (χ1n) is 4.29. The predicted molar refractivity (Wildman–Crippen MR) is 53.8 cm³/mol. The van der Waals surface area contributed by atoms with E-state index in [2.05, 4.69) is 0 Å². The van der Waals surface area contributed by atoms with E-state index in [1.165, 1.54) is 0 Å². The molecule has 0 unspecified atom stereocenters. The van der Waals surface area contributed by atoms with Crippen molar-refractivity contribution in [1.29, 1.82) is 0 Å². The molecule has 0 heterocycles. The molecule has 0 spiro atoms. The van der Waals surface area contributed by atoms with E-state index in [4.69, 9.17) is 5.73 Å². The summed E-state index contributed by atoms with van der Waals surface area (Å²) in [7, 11) is 0. The van der Waals surface area contributed by atoms with Crippen LogP contribution in [0.4, 0.5) is 4.39 Å². The monoisotopic (exact) mass is 193 g/mol. The highest BCUT2D eigenvalue weighted by Crippen LogP contribution is 2.09. The third kappa shape index (κ3) is 2.26. The van der Waals surface area contributed by atoms with Crippen LogP contribution in [0.15, 0.2) is 36.2 Å². The number of aryl methyl sites for hydroxylation is 1. The summed E-state index contributed by atoms with van der Waals surface area (Å²) in [4.78, 5) is 11.5. The fraction of sp³-hybridized carbons (Fsp3) is 0.182. The molecule has 14 heavy (non-hydrogen) atoms. The lowest BCUT2D eigenvalue weighted by molar-refractivity contribution is 0.103. The predicted octanol–water partition coefficient (Wildman–Crippen LogP) is 1.99. The van der Waals surface area contributed by atoms with E-state index < -0.39 is 0 Å². The fourth-order valence-corrected chi connectivity index (χ4v) is 1.08. The van der Waals surface area contributed by atoms with Gasteiger partial charge in [0.1, 0.15) is 0 Å². The molecule has 0 bridgehead atoms. The minimum Gasteiger partial charge on any atom is -0.326 e. The van der Waals surface area contributed by atoms with Crippen LogP contribution in [0.2, 0.25) is 0 Å². The van der Waals surface area contributed by atoms with E-state index in [-0.39, 0.29) is 24.2 Å². The van der Waals surface area contributed by atoms with Crippen molar-refractivity contribution < 1.29 is 9.18 Å². The van der Waals surface area contributed by atoms with Crippen LogP contribution in [-0.4, -0.2) is 12.3 Å². The first-order chi connectivity index (χ1) is 6.69. The van der Waals surface area contributed by atoms with Crippen LogP contribution < -0.4 is 5.73 Å². The Labute approximate surface area is 82.2 Å². The van der Waals surface area contributed by atoms with Gasteiger partial charge in [-0.25, -0.2) is 4.39 Å². The second-order valence-electron chi connectivity index (χ2n) is 3.03. The molecule has 0 radical (unpaired) electrons. The van der Waals surface area contributed by atoms with Crippen LogP contribution in [-0.2, 0) is 0 Å². The summed E-state index contributed by atoms with van der Waals surface area (Å²) in [5.41, 5.74) is 6.74. The number of rotatable bonds is 3. The molecule has 0 amide bonds. The topological polar surface area (TPSA) is 43.1 Å². The minimum atomic E-state index is -0.352. The van der Waals surface area contributed by atoms with Crippen molar-refractivity contribution >= 4 is 5.78 Å². The number of benzene rings is 1. The molecule has 0 atom stereocenters. The van der Waals surface area contributed by atoms with Crippen molar-refractivity contribution in [3.05, 3.63) is 47.3 Å². The lowest BCUT2D eigenvalue weighted by Crippen LogP contribution is -2.12. The molecule has 0 saturated carbocycles. The zero-order chi connectivity index (χ0) is 10.6. The van der Waals surface area contributed by atoms with Crippen LogP contribution in [0, 0.1) is 6.92 Å². The van der Waals surface area contributed by atoms with Gasteiger partial charge in [0.2, 0.25) is 0 Å². The minimum absolute atomic E-state index is 0.00569. The summed E-state index contributed by atoms with van der Waals surface area (Å²) in [6.07, 6.45) is 0.266. The molecule has 74 valence electrons. The molecular formula is C11H12FNO. The van der Waals surface area contributed by atoms with E-state index in [1.807, 2.05) is 6.92 Å². The quantitative estimate of drug-likeness (QED) is 0.589. The zero-order valence-electron chi connectivity index (χ0n) is 7.96. The third-order valence-electron chi connectivity index (χ3n) is 1.96. The second kappa shape index (κ2) is 4.67. The van der Waals surface area contributed by atoms with E-state index in [9.17, 15) is 9.18 Å². The third-order valence-corrected chi connectivity index (χ3v) is 1.96. The van der Waals surface area contributed by atoms with Crippen LogP contribution in [0.3, 0.4) is 0 Å². The van der Waals surface area contributed by atoms with Gasteiger partial charge in [0.15, 0.2) is 5.78 Å². The van der Waals surface area contributed by atoms with Crippen molar-refractivity contribution in [2.24, 2.45) is 5.73 Å². The smallest absolute Gasteiger partial charge is 0.192 e. The van der Waals surface area contributed by atoms with Gasteiger partial charge in [-0.1, -0.05) is 29.8 Å². The molecule has 0 fully saturated rings. The normalized spacial score (nSPS) is 11.5. The van der Waals surface area contributed by atoms with Gasteiger partial charge in [-0.15, -0.1) is 0 Å². The number of hydrogen-bond acceptors (Lipinski definition) is 2. The summed E-state index contributed by atoms with van der Waals surface area (Å²) < 4.78 is 12.2. The highest BCUT2D eigenvalue weighted by Gasteiger charge is 2.10. The highest BCUT2D eigenvalue weighted by molar-refractivity contribution is 6.08. The first kappa shape index (κ1) is 10.6. The average Bonchev–Trinajstić information content (AvgIpc) is 2.20. The number of carbonyl (C=O) groups excluding carboxylic acids is 1. The van der Waals surface area contributed by atoms with Gasteiger partial charge in [0.05, 0.1) is 6.33 Å². The number of Topliss-reactive ketones (excluding diaryl/α,β-unsaturated/α-hetero) is 1. The fourth-order valence-electron chi connectivity index (χ4n) is 1.08. The van der Waals surface area contributed by atoms with Gasteiger partial charge in [0.25, 0.3) is 0 Å². The molecule has 0 aliphatic carbocycles. The van der Waals surface area contributed by atoms with Crippen LogP contribution in [0.25, 0.3) is 0 Å². The molecule has 2 N–H and O–H groups in total. The van der Waals surface area contributed by atoms with Crippen molar-refractivity contribution in [2.75, 3.05) is 6.54 Å². The first-order valence-corrected chi connectivity index (χ1v) is 4.29. The van der Waals surface area contributed by atoms with E-state index in [0.717, 1.165) is 5.56 Å². The van der Waals surface area contributed by atoms with Crippen molar-refractivity contribution in [3.63, 3.8) is 0 Å². The van der Waals surface area contributed by atoms with Crippen molar-refractivity contribution in [3.8, 4) is 0 Å². The summed E-state index contributed by atoms with van der Waals surface area (Å²) in [6.45, 7) is 1.84. The molecule has 0 aliphatic rings. The molecule has 0 aliphatic heterocycles. The summed E-state index contributed by atoms with van der Waals surface area (Å²) in [6, 6.07) is 6.94. The number of hydrogen-bond donors (Lipinski definition) is 1. The Kier molecular flexibility index (Phi) is 3.54. The lowest BCUT2D eigenvalue weighted by atomic mass is 10.0. The molecule has 0 aromatic heterocycles. The molecule has 3 heteroatoms. The van der Waals surface area contributed by atoms with Crippen molar-refractivity contribution in [1.82, 2.24) is 0 Å². The van der Waals surface area contributed by atoms with Gasteiger partial charge < -0.3 is 5.73 Å². The molecule has 2 nitrogen and oxygen atoms in total. The van der Waals surface area contributed by atoms with Gasteiger partial charge in [-0.05, 0) is 6.92 Å². The van der Waals surface area contributed by atoms with E-state index in [1.54, 1.807) is 24.3 Å². The van der Waals surface area contributed by atoms with E-state index in [0.29, 0.717) is 5.56 Å². The standard InChI is InChI=1S/C11H12FNO/c1-8-2-4-9(5-3-8)11(14)10(6-12)7-13/h2-6H,7,13H2,1H3/b10-6+. The lowest BCUT2D eigenvalue weighted by Gasteiger charge is -2.02. The van der Waals surface area contributed by atoms with Crippen LogP contribution in [0.5, 0.6) is 0 Å². The molecule has 1 aromatic rings. The Morgan fingerprint density at radius 2 is 2.00 bits per heavy atom. The number of ketones is 1. The Bertz CT molecular complexity index is 354. The maximum Gasteiger partial charge on any atom is 0.192 e. The summed E-state index contributed by atoms with van der Waals surface area (Å²) in [5.74, 6) is -0.352. The van der Waals surface area contributed by atoms with Crippen LogP contribution >= 0.6 is 0 Å². The van der Waals surface area contributed by atoms with E-state index >= 15 is 0 Å². The van der Waals surface area contributed by atoms with Gasteiger partial charge in [-0.3, -0.25) is 4.79 Å². The molecular weight excluding hydrogens is 181 g/mol. The van der Waals surface area contributed by atoms with Gasteiger partial charge in [-0.2, -0.15) is 0 Å². The molecule has 0 saturated heterocycles. The second-order valence-corrected chi connectivity index (χ2v) is 3.03. The summed E-state index contributed by atoms with van der Waals surface area (Å²) in [5, 5.41) is 0. The average molecular weight is 193 g/mol. The zero-order valence-corrected chi connectivity index (χ0v) is 7.96. The summed E-state index contributed by atoms with van der Waals surface area (Å²) >= 11 is 0. The van der Waals surface area contributed by atoms with Crippen molar-refractivity contribution in [2.45, 2.75) is 6.92 Å². The number of halogens is 1. The maximum absolute atomic E-state index is 12.2. The molecule has 1 rings (SSSR count). The van der Waals surface area contributed by atoms with Gasteiger partial charge in [0, 0.05) is 17.7 Å². The number of carbonyl (C=O) groups is 1. The Morgan fingerprint density at radius 3 is 2.43 bits per heavy atom. The van der Waals surface area contributed by atoms with Crippen LogP contribution in [0.1, 0.15) is 15.9 Å². The Hall–Kier alpha value is -1.48. The molecule has 1 aromatic carbocycles. The Balaban J connectivity index is 2.95. The maximum atomic E-state index is 12.2. The Morgan fingerprint density at radius 1 is 1.43 bits per heavy atom.